The first-order valence-electron chi connectivity index (χ1n) is 17.2. The molecule has 1 saturated heterocycles. The molecule has 47 heavy (non-hydrogen) atoms. The lowest BCUT2D eigenvalue weighted by atomic mass is 9.77. The van der Waals surface area contributed by atoms with Gasteiger partial charge in [0.1, 0.15) is 5.75 Å². The first-order valence-corrected chi connectivity index (χ1v) is 17.2. The van der Waals surface area contributed by atoms with Gasteiger partial charge in [0.25, 0.3) is 0 Å². The fourth-order valence-corrected chi connectivity index (χ4v) is 6.92. The molecule has 0 amide bonds. The molecule has 252 valence electrons. The summed E-state index contributed by atoms with van der Waals surface area (Å²) >= 11 is 0. The van der Waals surface area contributed by atoms with Crippen molar-refractivity contribution < 1.29 is 18.9 Å². The van der Waals surface area contributed by atoms with E-state index in [2.05, 4.69) is 76.8 Å². The van der Waals surface area contributed by atoms with Crippen LogP contribution >= 0.6 is 0 Å². The molecule has 7 heteroatoms. The molecule has 1 unspecified atom stereocenters. The molecule has 6 rings (SSSR count). The van der Waals surface area contributed by atoms with Crippen molar-refractivity contribution in [3.8, 4) is 34.1 Å². The van der Waals surface area contributed by atoms with Gasteiger partial charge in [-0.1, -0.05) is 56.7 Å². The highest BCUT2D eigenvalue weighted by Crippen LogP contribution is 2.43. The fraction of sp³-hybridized carbons (Fsp3) is 0.450. The van der Waals surface area contributed by atoms with Gasteiger partial charge in [-0.25, -0.2) is 0 Å². The van der Waals surface area contributed by atoms with E-state index < -0.39 is 0 Å². The highest BCUT2D eigenvalue weighted by atomic mass is 16.5. The summed E-state index contributed by atoms with van der Waals surface area (Å²) < 4.78 is 22.6. The summed E-state index contributed by atoms with van der Waals surface area (Å²) in [4.78, 5) is 5.14. The minimum atomic E-state index is 0.159. The van der Waals surface area contributed by atoms with E-state index in [1.807, 2.05) is 26.0 Å². The molecule has 2 heterocycles. The number of hydrogen-bond donors (Lipinski definition) is 1. The second kappa shape index (κ2) is 16.2. The molecule has 1 atom stereocenters. The van der Waals surface area contributed by atoms with Gasteiger partial charge >= 0.3 is 0 Å². The van der Waals surface area contributed by atoms with Gasteiger partial charge in [0.05, 0.1) is 34.5 Å². The molecule has 3 aliphatic rings. The van der Waals surface area contributed by atoms with E-state index in [0.717, 1.165) is 50.6 Å². The number of hydrogen-bond acceptors (Lipinski definition) is 7. The Hall–Kier alpha value is -3.94. The maximum absolute atomic E-state index is 5.80. The summed E-state index contributed by atoms with van der Waals surface area (Å²) in [7, 11) is 6.75. The van der Waals surface area contributed by atoms with Crippen LogP contribution in [0.5, 0.6) is 23.0 Å². The van der Waals surface area contributed by atoms with E-state index in [-0.39, 0.29) is 6.04 Å². The Kier molecular flexibility index (Phi) is 11.9. The quantitative estimate of drug-likeness (QED) is 0.229. The first-order chi connectivity index (χ1) is 23.0. The van der Waals surface area contributed by atoms with Crippen LogP contribution in [0.15, 0.2) is 72.5 Å². The van der Waals surface area contributed by atoms with Crippen molar-refractivity contribution in [3.05, 3.63) is 94.7 Å². The lowest BCUT2D eigenvalue weighted by Gasteiger charge is -2.36. The predicted molar refractivity (Wildman–Crippen MR) is 192 cm³/mol. The molecule has 2 aliphatic heterocycles. The van der Waals surface area contributed by atoms with Gasteiger partial charge in [-0.3, -0.25) is 9.80 Å². The predicted octanol–water partition coefficient (Wildman–Crippen LogP) is 7.89. The van der Waals surface area contributed by atoms with E-state index in [1.165, 1.54) is 52.7 Å². The van der Waals surface area contributed by atoms with Crippen LogP contribution in [0.25, 0.3) is 11.1 Å². The van der Waals surface area contributed by atoms with Crippen molar-refractivity contribution in [2.24, 2.45) is 0 Å². The Bertz CT molecular complexity index is 1530. The van der Waals surface area contributed by atoms with Crippen LogP contribution in [-0.2, 0) is 6.54 Å². The largest absolute Gasteiger partial charge is 0.496 e. The minimum absolute atomic E-state index is 0.159. The molecule has 1 aliphatic carbocycles. The van der Waals surface area contributed by atoms with Crippen molar-refractivity contribution in [3.63, 3.8) is 0 Å². The first kappa shape index (κ1) is 34.4. The number of piperazine rings is 1. The van der Waals surface area contributed by atoms with Crippen molar-refractivity contribution in [2.75, 3.05) is 61.2 Å². The lowest BCUT2D eigenvalue weighted by Crippen LogP contribution is -2.46. The molecule has 0 bridgehead atoms. The Morgan fingerprint density at radius 1 is 0.766 bits per heavy atom. The number of ether oxygens (including phenoxy) is 4. The molecule has 7 nitrogen and oxygen atoms in total. The summed E-state index contributed by atoms with van der Waals surface area (Å²) in [5.41, 5.74) is 8.95. The van der Waals surface area contributed by atoms with E-state index in [1.54, 1.807) is 28.4 Å². The molecule has 0 aromatic heterocycles. The third kappa shape index (κ3) is 7.79. The zero-order valence-electron chi connectivity index (χ0n) is 29.4. The third-order valence-electron chi connectivity index (χ3n) is 9.76. The number of benzene rings is 3. The fourth-order valence-electron chi connectivity index (χ4n) is 6.92. The molecule has 1 saturated carbocycles. The molecular formula is C40H53N3O4. The van der Waals surface area contributed by atoms with Crippen LogP contribution in [0, 0.1) is 6.92 Å². The molecule has 3 aromatic rings. The van der Waals surface area contributed by atoms with Crippen LogP contribution in [-0.4, -0.2) is 71.0 Å². The monoisotopic (exact) mass is 639 g/mol. The zero-order chi connectivity index (χ0) is 33.3. The topological polar surface area (TPSA) is 55.4 Å². The van der Waals surface area contributed by atoms with Crippen LogP contribution in [0.1, 0.15) is 67.3 Å². The summed E-state index contributed by atoms with van der Waals surface area (Å²) in [6.45, 7) is 12.2. The SMILES string of the molecule is CC.COc1cc(C2C=C(CN3CCN(Cc4ccccc4-c4cc(OC)c(OC)c(OC)c4)CC3)C=CN2)cc(C2CCC2)c1C. The molecule has 3 aromatic carbocycles. The third-order valence-corrected chi connectivity index (χ3v) is 9.76. The number of methoxy groups -OCH3 is 4. The molecule has 1 N–H and O–H groups in total. The van der Waals surface area contributed by atoms with E-state index >= 15 is 0 Å². The number of dihydropyridines is 1. The van der Waals surface area contributed by atoms with Gasteiger partial charge in [0.2, 0.25) is 5.75 Å². The van der Waals surface area contributed by atoms with E-state index in [0.29, 0.717) is 23.2 Å². The maximum Gasteiger partial charge on any atom is 0.203 e. The van der Waals surface area contributed by atoms with E-state index in [9.17, 15) is 0 Å². The minimum Gasteiger partial charge on any atom is -0.496 e. The van der Waals surface area contributed by atoms with Crippen molar-refractivity contribution in [1.82, 2.24) is 15.1 Å². The van der Waals surface area contributed by atoms with E-state index in [4.69, 9.17) is 18.9 Å². The van der Waals surface area contributed by atoms with Gasteiger partial charge < -0.3 is 24.3 Å². The normalized spacial score (nSPS) is 18.3. The second-order valence-electron chi connectivity index (χ2n) is 12.4. The molecule has 2 fully saturated rings. The van der Waals surface area contributed by atoms with Crippen LogP contribution in [0.4, 0.5) is 0 Å². The smallest absolute Gasteiger partial charge is 0.203 e. The molecular weight excluding hydrogens is 586 g/mol. The maximum atomic E-state index is 5.80. The van der Waals surface area contributed by atoms with Crippen LogP contribution < -0.4 is 24.3 Å². The van der Waals surface area contributed by atoms with Crippen molar-refractivity contribution in [2.45, 2.75) is 58.5 Å². The van der Waals surface area contributed by atoms with Gasteiger partial charge in [-0.2, -0.15) is 0 Å². The van der Waals surface area contributed by atoms with Gasteiger partial charge in [-0.15, -0.1) is 0 Å². The Labute approximate surface area is 282 Å². The highest BCUT2D eigenvalue weighted by molar-refractivity contribution is 5.73. The van der Waals surface area contributed by atoms with Gasteiger partial charge in [0.15, 0.2) is 11.5 Å². The summed E-state index contributed by atoms with van der Waals surface area (Å²) in [6, 6.07) is 17.5. The standard InChI is InChI=1S/C38H47N3O4.C2H6/c1-26-33(28-10-8-11-28)20-31(23-35(26)42-2)34-19-27(13-14-39-34)24-40-15-17-41(18-16-40)25-29-9-6-7-12-32(29)30-21-36(43-3)38(45-5)37(22-30)44-4;1-2/h6-7,9,12-14,19-23,28,34,39H,8,10-11,15-18,24-25H2,1-5H3;1-2H3. The Balaban J connectivity index is 0.00000213. The summed E-state index contributed by atoms with van der Waals surface area (Å²) in [6.07, 6.45) is 10.7. The Morgan fingerprint density at radius 2 is 1.40 bits per heavy atom. The molecule has 0 radical (unpaired) electrons. The van der Waals surface area contributed by atoms with Crippen molar-refractivity contribution >= 4 is 0 Å². The van der Waals surface area contributed by atoms with Gasteiger partial charge in [0, 0.05) is 39.3 Å². The van der Waals surface area contributed by atoms with Crippen molar-refractivity contribution in [1.29, 1.82) is 0 Å². The average Bonchev–Trinajstić information content (AvgIpc) is 3.09. The second-order valence-corrected chi connectivity index (χ2v) is 12.4. The number of rotatable bonds is 11. The highest BCUT2D eigenvalue weighted by Gasteiger charge is 2.26. The summed E-state index contributed by atoms with van der Waals surface area (Å²) in [5, 5.41) is 3.59. The van der Waals surface area contributed by atoms with Crippen LogP contribution in [0.2, 0.25) is 0 Å². The van der Waals surface area contributed by atoms with Crippen LogP contribution in [0.3, 0.4) is 0 Å². The van der Waals surface area contributed by atoms with Gasteiger partial charge in [-0.05, 0) is 95.1 Å². The summed E-state index contributed by atoms with van der Waals surface area (Å²) in [5.74, 6) is 3.62. The number of nitrogens with one attached hydrogen (secondary N) is 1. The lowest BCUT2D eigenvalue weighted by molar-refractivity contribution is 0.135. The number of nitrogens with zero attached hydrogens (tertiary/aromatic N) is 2. The molecule has 0 spiro atoms. The average molecular weight is 640 g/mol. The Morgan fingerprint density at radius 3 is 2.00 bits per heavy atom. The zero-order valence-corrected chi connectivity index (χ0v) is 29.4.